The quantitative estimate of drug-likeness (QED) is 0.475. The summed E-state index contributed by atoms with van der Waals surface area (Å²) in [7, 11) is 0. The SMILES string of the molecule is C=C[C@@]1(C)CC[C@@H]([C@H](C)C=O)O1. The van der Waals surface area contributed by atoms with Crippen LogP contribution in [0.25, 0.3) is 0 Å². The molecule has 1 aliphatic rings. The van der Waals surface area contributed by atoms with E-state index in [0.29, 0.717) is 0 Å². The molecule has 0 N–H and O–H groups in total. The average Bonchev–Trinajstić information content (AvgIpc) is 2.48. The van der Waals surface area contributed by atoms with Gasteiger partial charge < -0.3 is 9.53 Å². The van der Waals surface area contributed by atoms with Crippen LogP contribution in [-0.2, 0) is 9.53 Å². The van der Waals surface area contributed by atoms with Crippen molar-refractivity contribution in [2.24, 2.45) is 5.92 Å². The third-order valence-electron chi connectivity index (χ3n) is 2.58. The number of hydrogen-bond acceptors (Lipinski definition) is 2. The number of hydrogen-bond donors (Lipinski definition) is 0. The van der Waals surface area contributed by atoms with Gasteiger partial charge in [0, 0.05) is 5.92 Å². The molecule has 12 heavy (non-hydrogen) atoms. The topological polar surface area (TPSA) is 26.3 Å². The Kier molecular flexibility index (Phi) is 2.68. The lowest BCUT2D eigenvalue weighted by Crippen LogP contribution is -2.25. The van der Waals surface area contributed by atoms with E-state index in [4.69, 9.17) is 4.74 Å². The number of carbonyl (C=O) groups excluding carboxylic acids is 1. The molecule has 0 spiro atoms. The van der Waals surface area contributed by atoms with Crippen LogP contribution in [0.5, 0.6) is 0 Å². The zero-order valence-corrected chi connectivity index (χ0v) is 7.75. The van der Waals surface area contributed by atoms with Gasteiger partial charge in [0.2, 0.25) is 0 Å². The third kappa shape index (κ3) is 1.75. The van der Waals surface area contributed by atoms with Crippen molar-refractivity contribution in [3.63, 3.8) is 0 Å². The molecule has 1 fully saturated rings. The molecule has 0 aromatic rings. The highest BCUT2D eigenvalue weighted by Crippen LogP contribution is 2.33. The maximum absolute atomic E-state index is 10.5. The monoisotopic (exact) mass is 168 g/mol. The van der Waals surface area contributed by atoms with Gasteiger partial charge in [-0.25, -0.2) is 0 Å². The van der Waals surface area contributed by atoms with E-state index in [-0.39, 0.29) is 17.6 Å². The van der Waals surface area contributed by atoms with Crippen LogP contribution in [0.4, 0.5) is 0 Å². The first kappa shape index (κ1) is 9.46. The molecule has 2 nitrogen and oxygen atoms in total. The first-order chi connectivity index (χ1) is 5.61. The largest absolute Gasteiger partial charge is 0.367 e. The second-order valence-corrected chi connectivity index (χ2v) is 3.71. The van der Waals surface area contributed by atoms with Gasteiger partial charge in [-0.15, -0.1) is 6.58 Å². The molecule has 0 radical (unpaired) electrons. The lowest BCUT2D eigenvalue weighted by molar-refractivity contribution is -0.115. The van der Waals surface area contributed by atoms with Gasteiger partial charge in [0.1, 0.15) is 6.29 Å². The first-order valence-electron chi connectivity index (χ1n) is 4.38. The van der Waals surface area contributed by atoms with Gasteiger partial charge in [0.25, 0.3) is 0 Å². The van der Waals surface area contributed by atoms with Crippen molar-refractivity contribution >= 4 is 6.29 Å². The van der Waals surface area contributed by atoms with Crippen molar-refractivity contribution in [1.82, 2.24) is 0 Å². The van der Waals surface area contributed by atoms with E-state index in [2.05, 4.69) is 6.58 Å². The van der Waals surface area contributed by atoms with Crippen molar-refractivity contribution in [3.8, 4) is 0 Å². The molecule has 1 heterocycles. The van der Waals surface area contributed by atoms with E-state index in [1.165, 1.54) is 0 Å². The second-order valence-electron chi connectivity index (χ2n) is 3.71. The van der Waals surface area contributed by atoms with Crippen LogP contribution < -0.4 is 0 Å². The Morgan fingerprint density at radius 2 is 2.42 bits per heavy atom. The molecule has 0 aromatic carbocycles. The van der Waals surface area contributed by atoms with Gasteiger partial charge in [-0.1, -0.05) is 13.0 Å². The molecule has 3 atom stereocenters. The number of ether oxygens (including phenoxy) is 1. The zero-order chi connectivity index (χ0) is 9.19. The molecule has 0 aliphatic carbocycles. The van der Waals surface area contributed by atoms with E-state index < -0.39 is 0 Å². The molecular weight excluding hydrogens is 152 g/mol. The van der Waals surface area contributed by atoms with Crippen LogP contribution >= 0.6 is 0 Å². The Bertz CT molecular complexity index is 188. The van der Waals surface area contributed by atoms with Gasteiger partial charge in [-0.05, 0) is 19.8 Å². The van der Waals surface area contributed by atoms with Crippen molar-refractivity contribution < 1.29 is 9.53 Å². The first-order valence-corrected chi connectivity index (χ1v) is 4.38. The Balaban J connectivity index is 2.55. The summed E-state index contributed by atoms with van der Waals surface area (Å²) < 4.78 is 5.70. The standard InChI is InChI=1S/C10H16O2/c1-4-10(3)6-5-9(12-10)8(2)7-11/h4,7-9H,1,5-6H2,2-3H3/t8-,9+,10+/m1/s1. The fourth-order valence-corrected chi connectivity index (χ4v) is 1.50. The molecule has 0 bridgehead atoms. The van der Waals surface area contributed by atoms with Crippen LogP contribution in [0.15, 0.2) is 12.7 Å². The average molecular weight is 168 g/mol. The molecule has 2 heteroatoms. The number of carbonyl (C=O) groups is 1. The van der Waals surface area contributed by atoms with Crippen LogP contribution in [0.3, 0.4) is 0 Å². The smallest absolute Gasteiger partial charge is 0.125 e. The highest BCUT2D eigenvalue weighted by Gasteiger charge is 2.35. The van der Waals surface area contributed by atoms with E-state index in [1.54, 1.807) is 0 Å². The molecule has 0 aromatic heterocycles. The molecular formula is C10H16O2. The molecule has 1 rings (SSSR count). The highest BCUT2D eigenvalue weighted by molar-refractivity contribution is 5.53. The van der Waals surface area contributed by atoms with E-state index in [0.717, 1.165) is 19.1 Å². The predicted molar refractivity (Wildman–Crippen MR) is 47.9 cm³/mol. The fourth-order valence-electron chi connectivity index (χ4n) is 1.50. The number of rotatable bonds is 3. The number of aldehydes is 1. The van der Waals surface area contributed by atoms with Crippen LogP contribution in [-0.4, -0.2) is 18.0 Å². The Morgan fingerprint density at radius 1 is 1.75 bits per heavy atom. The Morgan fingerprint density at radius 3 is 2.83 bits per heavy atom. The molecule has 1 aliphatic heterocycles. The summed E-state index contributed by atoms with van der Waals surface area (Å²) in [6, 6.07) is 0. The van der Waals surface area contributed by atoms with E-state index in [9.17, 15) is 4.79 Å². The highest BCUT2D eigenvalue weighted by atomic mass is 16.5. The van der Waals surface area contributed by atoms with E-state index in [1.807, 2.05) is 19.9 Å². The zero-order valence-electron chi connectivity index (χ0n) is 7.75. The molecule has 0 unspecified atom stereocenters. The molecule has 68 valence electrons. The summed E-state index contributed by atoms with van der Waals surface area (Å²) in [4.78, 5) is 10.5. The van der Waals surface area contributed by atoms with Crippen LogP contribution in [0.2, 0.25) is 0 Å². The van der Waals surface area contributed by atoms with Crippen molar-refractivity contribution in [2.45, 2.75) is 38.4 Å². The molecule has 0 saturated carbocycles. The van der Waals surface area contributed by atoms with Gasteiger partial charge in [0.05, 0.1) is 11.7 Å². The summed E-state index contributed by atoms with van der Waals surface area (Å²) in [5.74, 6) is 0.00627. The predicted octanol–water partition coefficient (Wildman–Crippen LogP) is 1.95. The summed E-state index contributed by atoms with van der Waals surface area (Å²) in [5.41, 5.74) is -0.206. The van der Waals surface area contributed by atoms with Gasteiger partial charge >= 0.3 is 0 Å². The second kappa shape index (κ2) is 3.40. The fraction of sp³-hybridized carbons (Fsp3) is 0.700. The molecule has 1 saturated heterocycles. The van der Waals surface area contributed by atoms with Crippen LogP contribution in [0.1, 0.15) is 26.7 Å². The lowest BCUT2D eigenvalue weighted by Gasteiger charge is -2.21. The lowest BCUT2D eigenvalue weighted by atomic mass is 10.00. The van der Waals surface area contributed by atoms with Crippen molar-refractivity contribution in [1.29, 1.82) is 0 Å². The van der Waals surface area contributed by atoms with E-state index >= 15 is 0 Å². The van der Waals surface area contributed by atoms with Gasteiger partial charge in [0.15, 0.2) is 0 Å². The Hall–Kier alpha value is -0.630. The minimum atomic E-state index is -0.206. The Labute approximate surface area is 73.6 Å². The summed E-state index contributed by atoms with van der Waals surface area (Å²) >= 11 is 0. The third-order valence-corrected chi connectivity index (χ3v) is 2.58. The maximum atomic E-state index is 10.5. The normalized spacial score (nSPS) is 37.7. The van der Waals surface area contributed by atoms with Crippen molar-refractivity contribution in [2.75, 3.05) is 0 Å². The van der Waals surface area contributed by atoms with Crippen molar-refractivity contribution in [3.05, 3.63) is 12.7 Å². The summed E-state index contributed by atoms with van der Waals surface area (Å²) in [6.45, 7) is 7.63. The molecule has 0 amide bonds. The minimum Gasteiger partial charge on any atom is -0.367 e. The maximum Gasteiger partial charge on any atom is 0.125 e. The van der Waals surface area contributed by atoms with Gasteiger partial charge in [-0.2, -0.15) is 0 Å². The van der Waals surface area contributed by atoms with Gasteiger partial charge in [-0.3, -0.25) is 0 Å². The summed E-state index contributed by atoms with van der Waals surface area (Å²) in [6.07, 6.45) is 4.80. The summed E-state index contributed by atoms with van der Waals surface area (Å²) in [5, 5.41) is 0. The van der Waals surface area contributed by atoms with Crippen LogP contribution in [0, 0.1) is 5.92 Å². The minimum absolute atomic E-state index is 0.00627.